The van der Waals surface area contributed by atoms with E-state index < -0.39 is 11.2 Å². The van der Waals surface area contributed by atoms with E-state index in [1.165, 1.54) is 30.2 Å². The number of nitrogens with zero attached hydrogens (tertiary/aromatic N) is 1. The van der Waals surface area contributed by atoms with Crippen LogP contribution in [0.1, 0.15) is 37.3 Å². The number of carbonyl (C=O) groups is 2. The van der Waals surface area contributed by atoms with Gasteiger partial charge in [-0.05, 0) is 36.1 Å². The molecule has 4 nitrogen and oxygen atoms in total. The summed E-state index contributed by atoms with van der Waals surface area (Å²) in [6.07, 6.45) is 3.25. The van der Waals surface area contributed by atoms with Gasteiger partial charge in [0.1, 0.15) is 0 Å². The molecule has 3 rings (SSSR count). The highest BCUT2D eigenvalue weighted by atomic mass is 32.2. The van der Waals surface area contributed by atoms with Gasteiger partial charge in [-0.1, -0.05) is 49.7 Å². The lowest BCUT2D eigenvalue weighted by atomic mass is 10.1. The Kier molecular flexibility index (Phi) is 5.99. The minimum atomic E-state index is -0.949. The summed E-state index contributed by atoms with van der Waals surface area (Å²) in [5, 5.41) is 8.55. The minimum absolute atomic E-state index is 0.133. The van der Waals surface area contributed by atoms with Gasteiger partial charge < -0.3 is 10.0 Å². The van der Waals surface area contributed by atoms with E-state index in [0.29, 0.717) is 6.54 Å². The number of fused-ring (bicyclic) bond motifs is 1. The van der Waals surface area contributed by atoms with Crippen molar-refractivity contribution >= 4 is 29.3 Å². The van der Waals surface area contributed by atoms with E-state index in [4.69, 9.17) is 5.11 Å². The lowest BCUT2D eigenvalue weighted by Crippen LogP contribution is -2.41. The summed E-state index contributed by atoms with van der Waals surface area (Å²) in [5.41, 5.74) is 3.22. The molecule has 0 radical (unpaired) electrons. The van der Waals surface area contributed by atoms with E-state index in [9.17, 15) is 9.59 Å². The number of hydrogen-bond acceptors (Lipinski definition) is 3. The number of aryl methyl sites for hydroxylation is 1. The molecule has 1 N–H and O–H groups in total. The maximum Gasteiger partial charge on any atom is 0.305 e. The molecule has 1 atom stereocenters. The van der Waals surface area contributed by atoms with E-state index in [-0.39, 0.29) is 12.3 Å². The van der Waals surface area contributed by atoms with Gasteiger partial charge in [-0.3, -0.25) is 9.59 Å². The summed E-state index contributed by atoms with van der Waals surface area (Å²) in [6, 6.07) is 16.1. The molecule has 1 heterocycles. The van der Waals surface area contributed by atoms with Crippen LogP contribution in [0, 0.1) is 0 Å². The van der Waals surface area contributed by atoms with Gasteiger partial charge in [0.15, 0.2) is 0 Å². The van der Waals surface area contributed by atoms with Crippen LogP contribution < -0.4 is 4.90 Å². The van der Waals surface area contributed by atoms with E-state index in [1.807, 2.05) is 24.3 Å². The lowest BCUT2D eigenvalue weighted by molar-refractivity contribution is -0.138. The number of carbonyl (C=O) groups excluding carboxylic acids is 1. The average molecular weight is 369 g/mol. The third-order valence-corrected chi connectivity index (χ3v) is 5.76. The Bertz CT molecular complexity index is 788. The quantitative estimate of drug-likeness (QED) is 0.780. The molecule has 0 bridgehead atoms. The molecule has 1 amide bonds. The van der Waals surface area contributed by atoms with Crippen molar-refractivity contribution in [1.29, 1.82) is 0 Å². The number of benzene rings is 2. The number of carboxylic acid groups (broad SMARTS) is 1. The van der Waals surface area contributed by atoms with Gasteiger partial charge in [0.2, 0.25) is 5.91 Å². The second-order valence-electron chi connectivity index (χ2n) is 6.52. The van der Waals surface area contributed by atoms with E-state index >= 15 is 0 Å². The first kappa shape index (κ1) is 18.5. The molecule has 2 aromatic carbocycles. The van der Waals surface area contributed by atoms with Crippen LogP contribution in [0.25, 0.3) is 0 Å². The number of aliphatic carboxylic acids is 1. The smallest absolute Gasteiger partial charge is 0.305 e. The fourth-order valence-electron chi connectivity index (χ4n) is 3.10. The molecular formula is C21H23NO3S. The van der Waals surface area contributed by atoms with Crippen LogP contribution in [0.2, 0.25) is 0 Å². The molecule has 1 unspecified atom stereocenters. The zero-order valence-electron chi connectivity index (χ0n) is 14.9. The summed E-state index contributed by atoms with van der Waals surface area (Å²) < 4.78 is 0. The Morgan fingerprint density at radius 3 is 2.50 bits per heavy atom. The summed E-state index contributed by atoms with van der Waals surface area (Å²) in [7, 11) is 0. The first-order chi connectivity index (χ1) is 12.6. The lowest BCUT2D eigenvalue weighted by Gasteiger charge is -2.33. The molecule has 0 fully saturated rings. The molecule has 26 heavy (non-hydrogen) atoms. The number of anilines is 1. The molecule has 1 aliphatic heterocycles. The third kappa shape index (κ3) is 4.28. The van der Waals surface area contributed by atoms with Crippen LogP contribution in [-0.4, -0.2) is 22.2 Å². The number of thioether (sulfide) groups is 1. The van der Waals surface area contributed by atoms with Crippen molar-refractivity contribution in [2.45, 2.75) is 49.3 Å². The maximum absolute atomic E-state index is 12.9. The Labute approximate surface area is 158 Å². The average Bonchev–Trinajstić information content (AvgIpc) is 2.64. The van der Waals surface area contributed by atoms with Crippen LogP contribution in [-0.2, 0) is 22.6 Å². The highest BCUT2D eigenvalue weighted by Crippen LogP contribution is 2.40. The maximum atomic E-state index is 12.9. The minimum Gasteiger partial charge on any atom is -0.481 e. The predicted octanol–water partition coefficient (Wildman–Crippen LogP) is 4.51. The van der Waals surface area contributed by atoms with Crippen LogP contribution >= 0.6 is 11.8 Å². The third-order valence-electron chi connectivity index (χ3n) is 4.51. The SMILES string of the molecule is CCCCc1ccc(CN2C(=O)C(CC(=O)O)Sc3ccccc32)cc1. The second-order valence-corrected chi connectivity index (χ2v) is 7.76. The van der Waals surface area contributed by atoms with E-state index in [0.717, 1.165) is 22.6 Å². The van der Waals surface area contributed by atoms with Crippen molar-refractivity contribution in [3.05, 3.63) is 59.7 Å². The molecule has 2 aromatic rings. The van der Waals surface area contributed by atoms with Crippen molar-refractivity contribution in [1.82, 2.24) is 0 Å². The van der Waals surface area contributed by atoms with Gasteiger partial charge in [-0.15, -0.1) is 11.8 Å². The van der Waals surface area contributed by atoms with E-state index in [2.05, 4.69) is 31.2 Å². The predicted molar refractivity (Wildman–Crippen MR) is 105 cm³/mol. The van der Waals surface area contributed by atoms with Gasteiger partial charge in [0.25, 0.3) is 0 Å². The van der Waals surface area contributed by atoms with Gasteiger partial charge in [0.05, 0.1) is 23.9 Å². The molecule has 1 aliphatic rings. The fourth-order valence-corrected chi connectivity index (χ4v) is 4.32. The number of hydrogen-bond donors (Lipinski definition) is 1. The van der Waals surface area contributed by atoms with Gasteiger partial charge >= 0.3 is 5.97 Å². The first-order valence-electron chi connectivity index (χ1n) is 8.95. The fraction of sp³-hybridized carbons (Fsp3) is 0.333. The number of para-hydroxylation sites is 1. The van der Waals surface area contributed by atoms with Crippen molar-refractivity contribution in [2.24, 2.45) is 0 Å². The van der Waals surface area contributed by atoms with Gasteiger partial charge in [0, 0.05) is 4.90 Å². The number of rotatable bonds is 7. The number of amides is 1. The zero-order valence-corrected chi connectivity index (χ0v) is 15.7. The Hall–Kier alpha value is -2.27. The molecular weight excluding hydrogens is 346 g/mol. The summed E-state index contributed by atoms with van der Waals surface area (Å²) in [5.74, 6) is -1.08. The molecule has 0 aliphatic carbocycles. The summed E-state index contributed by atoms with van der Waals surface area (Å²) in [6.45, 7) is 2.64. The molecule has 0 saturated carbocycles. The van der Waals surface area contributed by atoms with Crippen LogP contribution in [0.5, 0.6) is 0 Å². The standard InChI is InChI=1S/C21H23NO3S/c1-2-3-6-15-9-11-16(12-10-15)14-22-17-7-4-5-8-18(17)26-19(21(22)25)13-20(23)24/h4-5,7-12,19H,2-3,6,13-14H2,1H3,(H,23,24). The largest absolute Gasteiger partial charge is 0.481 e. The zero-order chi connectivity index (χ0) is 18.5. The Morgan fingerprint density at radius 1 is 1.12 bits per heavy atom. The summed E-state index contributed by atoms with van der Waals surface area (Å²) in [4.78, 5) is 26.7. The topological polar surface area (TPSA) is 57.6 Å². The monoisotopic (exact) mass is 369 g/mol. The van der Waals surface area contributed by atoms with Crippen molar-refractivity contribution in [3.63, 3.8) is 0 Å². The summed E-state index contributed by atoms with van der Waals surface area (Å²) >= 11 is 1.35. The Morgan fingerprint density at radius 2 is 1.81 bits per heavy atom. The Balaban J connectivity index is 1.82. The highest BCUT2D eigenvalue weighted by molar-refractivity contribution is 8.01. The van der Waals surface area contributed by atoms with Gasteiger partial charge in [-0.25, -0.2) is 0 Å². The highest BCUT2D eigenvalue weighted by Gasteiger charge is 2.34. The number of unbranched alkanes of at least 4 members (excludes halogenated alkanes) is 1. The molecule has 136 valence electrons. The molecule has 0 spiro atoms. The molecule has 0 saturated heterocycles. The van der Waals surface area contributed by atoms with Crippen LogP contribution in [0.15, 0.2) is 53.4 Å². The van der Waals surface area contributed by atoms with E-state index in [1.54, 1.807) is 4.90 Å². The van der Waals surface area contributed by atoms with Crippen molar-refractivity contribution in [2.75, 3.05) is 4.90 Å². The van der Waals surface area contributed by atoms with Gasteiger partial charge in [-0.2, -0.15) is 0 Å². The van der Waals surface area contributed by atoms with Crippen LogP contribution in [0.3, 0.4) is 0 Å². The normalized spacial score (nSPS) is 16.4. The van der Waals surface area contributed by atoms with Crippen molar-refractivity contribution < 1.29 is 14.7 Å². The number of carboxylic acids is 1. The second kappa shape index (κ2) is 8.41. The van der Waals surface area contributed by atoms with Crippen molar-refractivity contribution in [3.8, 4) is 0 Å². The molecule has 5 heteroatoms. The van der Waals surface area contributed by atoms with Crippen LogP contribution in [0.4, 0.5) is 5.69 Å². The molecule has 0 aromatic heterocycles. The first-order valence-corrected chi connectivity index (χ1v) is 9.83.